The van der Waals surface area contributed by atoms with Crippen molar-refractivity contribution in [2.75, 3.05) is 4.90 Å². The topological polar surface area (TPSA) is 82.4 Å². The molecule has 3 heterocycles. The summed E-state index contributed by atoms with van der Waals surface area (Å²) in [7, 11) is 0. The molecule has 7 heteroatoms. The monoisotopic (exact) mass is 303 g/mol. The standard InChI is InChI=1S/C14H13N3O3S/c18-14(19)12-6-13(16-15-12)17(7-10-3-5-21-9-10)8-11-2-1-4-20-11/h1-6,9H,7-8H2,(H,15,16)(H,18,19). The molecular weight excluding hydrogens is 290 g/mol. The van der Waals surface area contributed by atoms with Crippen molar-refractivity contribution in [2.24, 2.45) is 0 Å². The van der Waals surface area contributed by atoms with Crippen molar-refractivity contribution >= 4 is 23.1 Å². The zero-order chi connectivity index (χ0) is 14.7. The molecule has 0 aromatic carbocycles. The summed E-state index contributed by atoms with van der Waals surface area (Å²) in [6.07, 6.45) is 1.62. The number of aromatic carboxylic acids is 1. The van der Waals surface area contributed by atoms with Crippen LogP contribution >= 0.6 is 11.3 Å². The van der Waals surface area contributed by atoms with Crippen LogP contribution in [-0.4, -0.2) is 21.3 Å². The molecule has 0 radical (unpaired) electrons. The summed E-state index contributed by atoms with van der Waals surface area (Å²) in [5.74, 6) is 0.349. The second-order valence-corrected chi connectivity index (χ2v) is 5.29. The molecule has 0 amide bonds. The summed E-state index contributed by atoms with van der Waals surface area (Å²) < 4.78 is 5.37. The third kappa shape index (κ3) is 3.14. The Hall–Kier alpha value is -2.54. The number of hydrogen-bond donors (Lipinski definition) is 2. The van der Waals surface area contributed by atoms with Crippen molar-refractivity contribution in [1.82, 2.24) is 10.2 Å². The minimum Gasteiger partial charge on any atom is -0.477 e. The number of anilines is 1. The number of nitrogens with one attached hydrogen (secondary N) is 1. The Kier molecular flexibility index (Phi) is 3.74. The molecule has 0 spiro atoms. The molecule has 0 aliphatic rings. The van der Waals surface area contributed by atoms with Gasteiger partial charge < -0.3 is 14.4 Å². The molecule has 2 N–H and O–H groups in total. The van der Waals surface area contributed by atoms with Crippen LogP contribution in [0.15, 0.2) is 45.7 Å². The van der Waals surface area contributed by atoms with Gasteiger partial charge in [0, 0.05) is 12.6 Å². The molecule has 108 valence electrons. The van der Waals surface area contributed by atoms with Crippen molar-refractivity contribution in [1.29, 1.82) is 0 Å². The van der Waals surface area contributed by atoms with Gasteiger partial charge in [-0.1, -0.05) is 0 Å². The first-order chi connectivity index (χ1) is 10.2. The van der Waals surface area contributed by atoms with Gasteiger partial charge >= 0.3 is 5.97 Å². The van der Waals surface area contributed by atoms with Gasteiger partial charge in [-0.3, -0.25) is 5.10 Å². The van der Waals surface area contributed by atoms with Crippen LogP contribution in [0.25, 0.3) is 0 Å². The number of thiophene rings is 1. The number of furan rings is 1. The van der Waals surface area contributed by atoms with E-state index in [9.17, 15) is 4.79 Å². The number of carboxylic acid groups (broad SMARTS) is 1. The summed E-state index contributed by atoms with van der Waals surface area (Å²) in [5.41, 5.74) is 1.21. The highest BCUT2D eigenvalue weighted by molar-refractivity contribution is 7.07. The fraction of sp³-hybridized carbons (Fsp3) is 0.143. The molecule has 0 fully saturated rings. The van der Waals surface area contributed by atoms with E-state index in [1.54, 1.807) is 17.6 Å². The van der Waals surface area contributed by atoms with E-state index in [1.807, 2.05) is 28.5 Å². The number of carboxylic acids is 1. The van der Waals surface area contributed by atoms with Gasteiger partial charge in [-0.15, -0.1) is 0 Å². The smallest absolute Gasteiger partial charge is 0.353 e. The van der Waals surface area contributed by atoms with E-state index < -0.39 is 5.97 Å². The number of aromatic amines is 1. The molecule has 0 atom stereocenters. The van der Waals surface area contributed by atoms with Gasteiger partial charge in [-0.05, 0) is 34.5 Å². The SMILES string of the molecule is O=C(O)c1cc(N(Cc2ccsc2)Cc2ccco2)n[nH]1. The Morgan fingerprint density at radius 3 is 2.95 bits per heavy atom. The Labute approximate surface area is 124 Å². The maximum atomic E-state index is 11.0. The van der Waals surface area contributed by atoms with Crippen LogP contribution in [0.1, 0.15) is 21.8 Å². The molecule has 0 aliphatic heterocycles. The minimum absolute atomic E-state index is 0.0692. The van der Waals surface area contributed by atoms with E-state index in [0.717, 1.165) is 11.3 Å². The molecule has 0 saturated heterocycles. The van der Waals surface area contributed by atoms with Crippen molar-refractivity contribution in [3.8, 4) is 0 Å². The Morgan fingerprint density at radius 2 is 2.33 bits per heavy atom. The minimum atomic E-state index is -1.03. The molecule has 21 heavy (non-hydrogen) atoms. The normalized spacial score (nSPS) is 10.7. The predicted octanol–water partition coefficient (Wildman–Crippen LogP) is 2.97. The fourth-order valence-corrected chi connectivity index (χ4v) is 2.65. The third-order valence-corrected chi connectivity index (χ3v) is 3.73. The number of aromatic nitrogens is 2. The van der Waals surface area contributed by atoms with Gasteiger partial charge in [0.1, 0.15) is 11.5 Å². The lowest BCUT2D eigenvalue weighted by atomic mass is 10.3. The van der Waals surface area contributed by atoms with Crippen molar-refractivity contribution in [2.45, 2.75) is 13.1 Å². The maximum absolute atomic E-state index is 11.0. The number of carbonyl (C=O) groups is 1. The fourth-order valence-electron chi connectivity index (χ4n) is 1.99. The van der Waals surface area contributed by atoms with E-state index in [0.29, 0.717) is 18.9 Å². The van der Waals surface area contributed by atoms with Crippen LogP contribution in [0.3, 0.4) is 0 Å². The largest absolute Gasteiger partial charge is 0.477 e. The van der Waals surface area contributed by atoms with E-state index in [1.165, 1.54) is 6.07 Å². The first kappa shape index (κ1) is 13.4. The van der Waals surface area contributed by atoms with Gasteiger partial charge in [-0.25, -0.2) is 4.79 Å². The second-order valence-electron chi connectivity index (χ2n) is 4.51. The second kappa shape index (κ2) is 5.84. The van der Waals surface area contributed by atoms with Gasteiger partial charge in [-0.2, -0.15) is 16.4 Å². The highest BCUT2D eigenvalue weighted by atomic mass is 32.1. The average molecular weight is 303 g/mol. The zero-order valence-electron chi connectivity index (χ0n) is 11.0. The highest BCUT2D eigenvalue weighted by Gasteiger charge is 2.16. The first-order valence-corrected chi connectivity index (χ1v) is 7.24. The molecule has 0 unspecified atom stereocenters. The molecule has 0 saturated carbocycles. The van der Waals surface area contributed by atoms with Gasteiger partial charge in [0.25, 0.3) is 0 Å². The molecule has 3 aromatic heterocycles. The predicted molar refractivity (Wildman–Crippen MR) is 78.5 cm³/mol. The lowest BCUT2D eigenvalue weighted by molar-refractivity contribution is 0.0690. The van der Waals surface area contributed by atoms with Crippen LogP contribution in [0, 0.1) is 0 Å². The summed E-state index contributed by atoms with van der Waals surface area (Å²) in [4.78, 5) is 12.9. The molecule has 3 rings (SSSR count). The quantitative estimate of drug-likeness (QED) is 0.731. The average Bonchev–Trinajstić information content (AvgIpc) is 3.21. The van der Waals surface area contributed by atoms with Crippen LogP contribution < -0.4 is 4.90 Å². The maximum Gasteiger partial charge on any atom is 0.353 e. The summed E-state index contributed by atoms with van der Waals surface area (Å²) >= 11 is 1.62. The van der Waals surface area contributed by atoms with Crippen LogP contribution in [-0.2, 0) is 13.1 Å². The molecule has 0 aliphatic carbocycles. The van der Waals surface area contributed by atoms with E-state index in [-0.39, 0.29) is 5.69 Å². The molecule has 0 bridgehead atoms. The lowest BCUT2D eigenvalue weighted by Crippen LogP contribution is -2.22. The zero-order valence-corrected chi connectivity index (χ0v) is 11.8. The van der Waals surface area contributed by atoms with Crippen molar-refractivity contribution < 1.29 is 14.3 Å². The Bertz CT molecular complexity index is 668. The summed E-state index contributed by atoms with van der Waals surface area (Å²) in [6.45, 7) is 1.15. The molecule has 6 nitrogen and oxygen atoms in total. The number of rotatable bonds is 6. The summed E-state index contributed by atoms with van der Waals surface area (Å²) in [5, 5.41) is 19.7. The van der Waals surface area contributed by atoms with Gasteiger partial charge in [0.05, 0.1) is 12.8 Å². The highest BCUT2D eigenvalue weighted by Crippen LogP contribution is 2.20. The Balaban J connectivity index is 1.84. The number of hydrogen-bond acceptors (Lipinski definition) is 5. The van der Waals surface area contributed by atoms with Crippen LogP contribution in [0.4, 0.5) is 5.82 Å². The lowest BCUT2D eigenvalue weighted by Gasteiger charge is -2.20. The number of nitrogens with zero attached hydrogens (tertiary/aromatic N) is 2. The third-order valence-electron chi connectivity index (χ3n) is 3.00. The summed E-state index contributed by atoms with van der Waals surface area (Å²) in [6, 6.07) is 7.26. The van der Waals surface area contributed by atoms with Gasteiger partial charge in [0.2, 0.25) is 0 Å². The van der Waals surface area contributed by atoms with E-state index in [2.05, 4.69) is 15.6 Å². The van der Waals surface area contributed by atoms with Crippen LogP contribution in [0.2, 0.25) is 0 Å². The number of H-pyrrole nitrogens is 1. The van der Waals surface area contributed by atoms with Crippen LogP contribution in [0.5, 0.6) is 0 Å². The first-order valence-electron chi connectivity index (χ1n) is 6.29. The Morgan fingerprint density at radius 1 is 1.43 bits per heavy atom. The van der Waals surface area contributed by atoms with Gasteiger partial charge in [0.15, 0.2) is 5.82 Å². The molecule has 3 aromatic rings. The van der Waals surface area contributed by atoms with E-state index >= 15 is 0 Å². The van der Waals surface area contributed by atoms with Crippen molar-refractivity contribution in [3.05, 3.63) is 58.3 Å². The van der Waals surface area contributed by atoms with E-state index in [4.69, 9.17) is 9.52 Å². The van der Waals surface area contributed by atoms with Crippen molar-refractivity contribution in [3.63, 3.8) is 0 Å². The molecular formula is C14H13N3O3S.